The van der Waals surface area contributed by atoms with E-state index in [9.17, 15) is 4.21 Å². The number of methoxy groups -OCH3 is 1. The lowest BCUT2D eigenvalue weighted by Crippen LogP contribution is -2.18. The van der Waals surface area contributed by atoms with Gasteiger partial charge in [0, 0.05) is 21.7 Å². The molecule has 5 heteroatoms. The first-order valence-corrected chi connectivity index (χ1v) is 7.83. The number of benzene rings is 2. The minimum absolute atomic E-state index is 0.291. The maximum atomic E-state index is 12.3. The van der Waals surface area contributed by atoms with Crippen LogP contribution in [0.3, 0.4) is 0 Å². The number of ether oxygens (including phenoxy) is 1. The molecule has 2 atom stereocenters. The fraction of sp³-hybridized carbons (Fsp3) is 0.200. The molecule has 0 saturated carbocycles. The van der Waals surface area contributed by atoms with Crippen molar-refractivity contribution in [2.24, 2.45) is 5.73 Å². The molecule has 0 spiro atoms. The number of hydrogen-bond acceptors (Lipinski definition) is 3. The van der Waals surface area contributed by atoms with E-state index in [0.29, 0.717) is 15.7 Å². The minimum Gasteiger partial charge on any atom is -0.497 e. The molecule has 2 unspecified atom stereocenters. The van der Waals surface area contributed by atoms with Crippen LogP contribution in [-0.4, -0.2) is 17.1 Å². The summed E-state index contributed by atoms with van der Waals surface area (Å²) < 4.78 is 17.3. The van der Waals surface area contributed by atoms with Crippen molar-refractivity contribution >= 4 is 22.4 Å². The first-order valence-electron chi connectivity index (χ1n) is 6.13. The molecular formula is C15H16ClNO2S. The summed E-state index contributed by atoms with van der Waals surface area (Å²) in [7, 11) is 0.442. The van der Waals surface area contributed by atoms with Crippen molar-refractivity contribution in [2.75, 3.05) is 12.9 Å². The molecule has 2 aromatic rings. The molecule has 3 nitrogen and oxygen atoms in total. The van der Waals surface area contributed by atoms with Crippen LogP contribution in [0.15, 0.2) is 53.4 Å². The quantitative estimate of drug-likeness (QED) is 0.923. The van der Waals surface area contributed by atoms with Crippen LogP contribution in [0.5, 0.6) is 5.75 Å². The second-order valence-electron chi connectivity index (χ2n) is 4.35. The summed E-state index contributed by atoms with van der Waals surface area (Å²) >= 11 is 5.90. The Morgan fingerprint density at radius 3 is 2.55 bits per heavy atom. The monoisotopic (exact) mass is 309 g/mol. The predicted molar refractivity (Wildman–Crippen MR) is 82.6 cm³/mol. The minimum atomic E-state index is -1.17. The van der Waals surface area contributed by atoms with Gasteiger partial charge in [0.15, 0.2) is 0 Å². The van der Waals surface area contributed by atoms with Gasteiger partial charge in [-0.05, 0) is 35.9 Å². The molecule has 106 valence electrons. The Kier molecular flexibility index (Phi) is 5.17. The first-order chi connectivity index (χ1) is 9.60. The van der Waals surface area contributed by atoms with Gasteiger partial charge in [0.25, 0.3) is 0 Å². The van der Waals surface area contributed by atoms with Gasteiger partial charge < -0.3 is 10.5 Å². The van der Waals surface area contributed by atoms with Gasteiger partial charge in [0.2, 0.25) is 0 Å². The third-order valence-electron chi connectivity index (χ3n) is 2.93. The third-order valence-corrected chi connectivity index (χ3v) is 4.61. The van der Waals surface area contributed by atoms with E-state index >= 15 is 0 Å². The molecule has 20 heavy (non-hydrogen) atoms. The van der Waals surface area contributed by atoms with Crippen molar-refractivity contribution in [3.63, 3.8) is 0 Å². The summed E-state index contributed by atoms with van der Waals surface area (Å²) in [6, 6.07) is 14.2. The second-order valence-corrected chi connectivity index (χ2v) is 6.28. The van der Waals surface area contributed by atoms with E-state index in [4.69, 9.17) is 22.1 Å². The van der Waals surface area contributed by atoms with Crippen LogP contribution >= 0.6 is 11.6 Å². The van der Waals surface area contributed by atoms with E-state index in [2.05, 4.69) is 0 Å². The average molecular weight is 310 g/mol. The van der Waals surface area contributed by atoms with Crippen LogP contribution in [0.4, 0.5) is 0 Å². The van der Waals surface area contributed by atoms with E-state index < -0.39 is 10.8 Å². The smallest absolute Gasteiger partial charge is 0.118 e. The fourth-order valence-electron chi connectivity index (χ4n) is 1.82. The van der Waals surface area contributed by atoms with Crippen LogP contribution in [0, 0.1) is 0 Å². The molecule has 0 bridgehead atoms. The van der Waals surface area contributed by atoms with Gasteiger partial charge in [0.05, 0.1) is 17.9 Å². The van der Waals surface area contributed by atoms with E-state index in [-0.39, 0.29) is 6.04 Å². The Labute approximate surface area is 126 Å². The van der Waals surface area contributed by atoms with Crippen molar-refractivity contribution < 1.29 is 8.95 Å². The molecular weight excluding hydrogens is 294 g/mol. The SMILES string of the molecule is COc1ccc(C(N)CS(=O)c2cccc(Cl)c2)cc1. The number of halogens is 1. The molecule has 0 heterocycles. The molecule has 0 fully saturated rings. The zero-order valence-corrected chi connectivity index (χ0v) is 12.7. The van der Waals surface area contributed by atoms with Crippen molar-refractivity contribution in [3.05, 3.63) is 59.1 Å². The highest BCUT2D eigenvalue weighted by molar-refractivity contribution is 7.85. The third kappa shape index (κ3) is 3.82. The van der Waals surface area contributed by atoms with E-state index in [1.165, 1.54) is 0 Å². The molecule has 2 aromatic carbocycles. The van der Waals surface area contributed by atoms with Crippen LogP contribution in [-0.2, 0) is 10.8 Å². The van der Waals surface area contributed by atoms with Gasteiger partial charge in [-0.1, -0.05) is 29.8 Å². The van der Waals surface area contributed by atoms with Crippen molar-refractivity contribution in [1.29, 1.82) is 0 Å². The van der Waals surface area contributed by atoms with Crippen LogP contribution in [0.2, 0.25) is 5.02 Å². The van der Waals surface area contributed by atoms with Crippen molar-refractivity contribution in [1.82, 2.24) is 0 Å². The standard InChI is InChI=1S/C15H16ClNO2S/c1-19-13-7-5-11(6-8-13)15(17)10-20(18)14-4-2-3-12(16)9-14/h2-9,15H,10,17H2,1H3. The summed E-state index contributed by atoms with van der Waals surface area (Å²) in [6.45, 7) is 0. The Bertz CT molecular complexity index is 601. The largest absolute Gasteiger partial charge is 0.497 e. The molecule has 0 aliphatic rings. The zero-order valence-electron chi connectivity index (χ0n) is 11.1. The van der Waals surface area contributed by atoms with Gasteiger partial charge >= 0.3 is 0 Å². The van der Waals surface area contributed by atoms with Crippen molar-refractivity contribution in [3.8, 4) is 5.75 Å². The van der Waals surface area contributed by atoms with E-state index in [1.807, 2.05) is 24.3 Å². The van der Waals surface area contributed by atoms with E-state index in [0.717, 1.165) is 11.3 Å². The molecule has 2 rings (SSSR count). The predicted octanol–water partition coefficient (Wildman–Crippen LogP) is 3.16. The van der Waals surface area contributed by atoms with Gasteiger partial charge in [-0.15, -0.1) is 0 Å². The lowest BCUT2D eigenvalue weighted by atomic mass is 10.1. The number of hydrogen-bond donors (Lipinski definition) is 1. The molecule has 0 amide bonds. The zero-order chi connectivity index (χ0) is 14.5. The highest BCUT2D eigenvalue weighted by Gasteiger charge is 2.12. The van der Waals surface area contributed by atoms with Gasteiger partial charge in [-0.2, -0.15) is 0 Å². The Hall–Kier alpha value is -1.36. The molecule has 0 aliphatic carbocycles. The van der Waals surface area contributed by atoms with Gasteiger partial charge in [0.1, 0.15) is 5.75 Å². The number of nitrogens with two attached hydrogens (primary N) is 1. The van der Waals surface area contributed by atoms with E-state index in [1.54, 1.807) is 31.4 Å². The average Bonchev–Trinajstić information content (AvgIpc) is 2.47. The Morgan fingerprint density at radius 1 is 1.25 bits per heavy atom. The maximum Gasteiger partial charge on any atom is 0.118 e. The highest BCUT2D eigenvalue weighted by atomic mass is 35.5. The lowest BCUT2D eigenvalue weighted by Gasteiger charge is -2.12. The topological polar surface area (TPSA) is 52.3 Å². The van der Waals surface area contributed by atoms with Gasteiger partial charge in [-0.25, -0.2) is 0 Å². The summed E-state index contributed by atoms with van der Waals surface area (Å²) in [5, 5.41) is 0.578. The number of rotatable bonds is 5. The maximum absolute atomic E-state index is 12.3. The van der Waals surface area contributed by atoms with Crippen LogP contribution in [0.25, 0.3) is 0 Å². The first kappa shape index (κ1) is 15.0. The normalized spacial score (nSPS) is 13.8. The van der Waals surface area contributed by atoms with Crippen LogP contribution < -0.4 is 10.5 Å². The molecule has 0 saturated heterocycles. The Morgan fingerprint density at radius 2 is 1.95 bits per heavy atom. The van der Waals surface area contributed by atoms with Crippen LogP contribution in [0.1, 0.15) is 11.6 Å². The molecule has 0 aliphatic heterocycles. The molecule has 2 N–H and O–H groups in total. The lowest BCUT2D eigenvalue weighted by molar-refractivity contribution is 0.414. The summed E-state index contributed by atoms with van der Waals surface area (Å²) in [5.41, 5.74) is 7.03. The summed E-state index contributed by atoms with van der Waals surface area (Å²) in [5.74, 6) is 1.13. The van der Waals surface area contributed by atoms with Gasteiger partial charge in [-0.3, -0.25) is 4.21 Å². The Balaban J connectivity index is 2.06. The second kappa shape index (κ2) is 6.88. The fourth-order valence-corrected chi connectivity index (χ4v) is 3.27. The van der Waals surface area contributed by atoms with Crippen molar-refractivity contribution in [2.45, 2.75) is 10.9 Å². The molecule has 0 radical (unpaired) electrons. The molecule has 0 aromatic heterocycles. The highest BCUT2D eigenvalue weighted by Crippen LogP contribution is 2.20. The summed E-state index contributed by atoms with van der Waals surface area (Å²) in [4.78, 5) is 0.696. The summed E-state index contributed by atoms with van der Waals surface area (Å²) in [6.07, 6.45) is 0.